The Kier molecular flexibility index (Phi) is 6.01. The molecule has 9 heteroatoms. The SMILES string of the molecule is O=C(N1CCOCC1)N1CCN(c2cnn(Cc3ccccc3)c(=O)c2Cl)CC1. The smallest absolute Gasteiger partial charge is 0.320 e. The van der Waals surface area contributed by atoms with Gasteiger partial charge >= 0.3 is 6.03 Å². The van der Waals surface area contributed by atoms with Crippen molar-refractivity contribution in [3.05, 3.63) is 57.5 Å². The lowest BCUT2D eigenvalue weighted by Crippen LogP contribution is -2.55. The van der Waals surface area contributed by atoms with Crippen molar-refractivity contribution in [3.8, 4) is 0 Å². The summed E-state index contributed by atoms with van der Waals surface area (Å²) in [5.41, 5.74) is 1.31. The molecule has 2 fully saturated rings. The average molecular weight is 418 g/mol. The van der Waals surface area contributed by atoms with Gasteiger partial charge in [0, 0.05) is 39.3 Å². The highest BCUT2D eigenvalue weighted by atomic mass is 35.5. The van der Waals surface area contributed by atoms with Crippen LogP contribution < -0.4 is 10.5 Å². The van der Waals surface area contributed by atoms with Gasteiger partial charge in [-0.25, -0.2) is 9.48 Å². The van der Waals surface area contributed by atoms with Crippen LogP contribution in [-0.2, 0) is 11.3 Å². The fourth-order valence-electron chi connectivity index (χ4n) is 3.64. The maximum Gasteiger partial charge on any atom is 0.320 e. The van der Waals surface area contributed by atoms with Crippen LogP contribution in [0.1, 0.15) is 5.56 Å². The number of ether oxygens (including phenoxy) is 1. The Labute approximate surface area is 174 Å². The van der Waals surface area contributed by atoms with Crippen molar-refractivity contribution in [1.29, 1.82) is 0 Å². The van der Waals surface area contributed by atoms with E-state index in [9.17, 15) is 9.59 Å². The lowest BCUT2D eigenvalue weighted by Gasteiger charge is -2.39. The Morgan fingerprint density at radius 1 is 1.00 bits per heavy atom. The van der Waals surface area contributed by atoms with Crippen LogP contribution in [-0.4, -0.2) is 78.1 Å². The van der Waals surface area contributed by atoms with E-state index in [-0.39, 0.29) is 16.6 Å². The Balaban J connectivity index is 1.41. The third-order valence-electron chi connectivity index (χ3n) is 5.31. The highest BCUT2D eigenvalue weighted by Crippen LogP contribution is 2.23. The maximum absolute atomic E-state index is 12.7. The van der Waals surface area contributed by atoms with Crippen molar-refractivity contribution >= 4 is 23.3 Å². The number of benzene rings is 1. The van der Waals surface area contributed by atoms with Crippen molar-refractivity contribution in [1.82, 2.24) is 19.6 Å². The summed E-state index contributed by atoms with van der Waals surface area (Å²) in [5, 5.41) is 4.48. The van der Waals surface area contributed by atoms with Gasteiger partial charge in [-0.15, -0.1) is 0 Å². The quantitative estimate of drug-likeness (QED) is 0.757. The van der Waals surface area contributed by atoms with Gasteiger partial charge in [0.15, 0.2) is 0 Å². The second-order valence-electron chi connectivity index (χ2n) is 7.15. The van der Waals surface area contributed by atoms with Gasteiger partial charge in [0.25, 0.3) is 5.56 Å². The van der Waals surface area contributed by atoms with Crippen molar-refractivity contribution < 1.29 is 9.53 Å². The highest BCUT2D eigenvalue weighted by molar-refractivity contribution is 6.33. The van der Waals surface area contributed by atoms with E-state index in [0.717, 1.165) is 5.56 Å². The summed E-state index contributed by atoms with van der Waals surface area (Å²) in [5.74, 6) is 0. The number of amides is 2. The molecule has 1 aromatic heterocycles. The molecule has 2 aromatic rings. The minimum Gasteiger partial charge on any atom is -0.378 e. The van der Waals surface area contributed by atoms with E-state index < -0.39 is 0 Å². The van der Waals surface area contributed by atoms with Gasteiger partial charge in [0.05, 0.1) is 31.6 Å². The predicted octanol–water partition coefficient (Wildman–Crippen LogP) is 1.52. The van der Waals surface area contributed by atoms with Gasteiger partial charge in [0.2, 0.25) is 0 Å². The summed E-state index contributed by atoms with van der Waals surface area (Å²) in [6, 6.07) is 9.72. The molecule has 1 aromatic carbocycles. The Hall–Kier alpha value is -2.58. The first-order valence-corrected chi connectivity index (χ1v) is 10.2. The van der Waals surface area contributed by atoms with Crippen molar-refractivity contribution in [2.75, 3.05) is 57.4 Å². The molecule has 0 radical (unpaired) electrons. The minimum absolute atomic E-state index is 0.0513. The summed E-state index contributed by atoms with van der Waals surface area (Å²) < 4.78 is 6.68. The van der Waals surface area contributed by atoms with Gasteiger partial charge in [-0.3, -0.25) is 4.79 Å². The molecule has 0 atom stereocenters. The largest absolute Gasteiger partial charge is 0.378 e. The molecule has 8 nitrogen and oxygen atoms in total. The molecule has 2 amide bonds. The number of carbonyl (C=O) groups is 1. The number of piperazine rings is 1. The molecule has 2 aliphatic rings. The van der Waals surface area contributed by atoms with Gasteiger partial charge in [-0.1, -0.05) is 41.9 Å². The summed E-state index contributed by atoms with van der Waals surface area (Å²) in [6.45, 7) is 5.21. The van der Waals surface area contributed by atoms with E-state index >= 15 is 0 Å². The Morgan fingerprint density at radius 3 is 2.34 bits per heavy atom. The molecule has 0 saturated carbocycles. The van der Waals surface area contributed by atoms with E-state index in [2.05, 4.69) is 5.10 Å². The van der Waals surface area contributed by atoms with Crippen LogP contribution in [0.3, 0.4) is 0 Å². The van der Waals surface area contributed by atoms with Crippen LogP contribution in [0.5, 0.6) is 0 Å². The topological polar surface area (TPSA) is 70.9 Å². The zero-order valence-corrected chi connectivity index (χ0v) is 16.9. The van der Waals surface area contributed by atoms with Gasteiger partial charge < -0.3 is 19.4 Å². The number of aromatic nitrogens is 2. The summed E-state index contributed by atoms with van der Waals surface area (Å²) in [4.78, 5) is 31.0. The summed E-state index contributed by atoms with van der Waals surface area (Å²) in [7, 11) is 0. The molecule has 0 aliphatic carbocycles. The van der Waals surface area contributed by atoms with Crippen LogP contribution in [0.2, 0.25) is 5.02 Å². The third kappa shape index (κ3) is 4.38. The standard InChI is InChI=1S/C20H24ClN5O3/c21-18-17(14-22-26(19(18)27)15-16-4-2-1-3-5-16)23-6-8-24(9-7-23)20(28)25-10-12-29-13-11-25/h1-5,14H,6-13,15H2. The molecule has 4 rings (SSSR count). The molecule has 0 spiro atoms. The highest BCUT2D eigenvalue weighted by Gasteiger charge is 2.27. The number of hydrogen-bond acceptors (Lipinski definition) is 5. The zero-order valence-electron chi connectivity index (χ0n) is 16.2. The molecule has 0 bridgehead atoms. The van der Waals surface area contributed by atoms with E-state index in [4.69, 9.17) is 16.3 Å². The second-order valence-corrected chi connectivity index (χ2v) is 7.53. The molecule has 3 heterocycles. The Morgan fingerprint density at radius 2 is 1.66 bits per heavy atom. The first-order valence-electron chi connectivity index (χ1n) is 9.79. The number of halogens is 1. The lowest BCUT2D eigenvalue weighted by molar-refractivity contribution is 0.0428. The van der Waals surface area contributed by atoms with E-state index in [1.165, 1.54) is 4.68 Å². The first-order chi connectivity index (χ1) is 14.1. The van der Waals surface area contributed by atoms with Gasteiger partial charge in [-0.2, -0.15) is 5.10 Å². The summed E-state index contributed by atoms with van der Waals surface area (Å²) in [6.07, 6.45) is 1.64. The third-order valence-corrected chi connectivity index (χ3v) is 5.67. The van der Waals surface area contributed by atoms with Crippen LogP contribution in [0.25, 0.3) is 0 Å². The van der Waals surface area contributed by atoms with Crippen molar-refractivity contribution in [2.24, 2.45) is 0 Å². The number of hydrogen-bond donors (Lipinski definition) is 0. The molecular formula is C20H24ClN5O3. The second kappa shape index (κ2) is 8.84. The number of urea groups is 1. The van der Waals surface area contributed by atoms with E-state index in [1.807, 2.05) is 45.0 Å². The fourth-order valence-corrected chi connectivity index (χ4v) is 3.90. The average Bonchev–Trinajstić information content (AvgIpc) is 2.78. The number of nitrogens with zero attached hydrogens (tertiary/aromatic N) is 5. The number of rotatable bonds is 3. The van der Waals surface area contributed by atoms with Crippen molar-refractivity contribution in [2.45, 2.75) is 6.54 Å². The first kappa shape index (κ1) is 19.7. The number of anilines is 1. The molecule has 154 valence electrons. The fraction of sp³-hybridized carbons (Fsp3) is 0.450. The van der Waals surface area contributed by atoms with Crippen molar-refractivity contribution in [3.63, 3.8) is 0 Å². The maximum atomic E-state index is 12.7. The van der Waals surface area contributed by atoms with Gasteiger partial charge in [-0.05, 0) is 5.56 Å². The minimum atomic E-state index is -0.306. The molecule has 29 heavy (non-hydrogen) atoms. The van der Waals surface area contributed by atoms with Crippen LogP contribution in [0.4, 0.5) is 10.5 Å². The predicted molar refractivity (Wildman–Crippen MR) is 111 cm³/mol. The normalized spacial score (nSPS) is 17.5. The molecule has 0 N–H and O–H groups in total. The number of morpholine rings is 1. The van der Waals surface area contributed by atoms with Crippen LogP contribution in [0.15, 0.2) is 41.3 Å². The zero-order chi connectivity index (χ0) is 20.2. The van der Waals surface area contributed by atoms with E-state index in [0.29, 0.717) is 64.7 Å². The number of carbonyl (C=O) groups excluding carboxylic acids is 1. The van der Waals surface area contributed by atoms with E-state index in [1.54, 1.807) is 6.20 Å². The molecule has 2 saturated heterocycles. The van der Waals surface area contributed by atoms with Gasteiger partial charge in [0.1, 0.15) is 5.02 Å². The monoisotopic (exact) mass is 417 g/mol. The molecular weight excluding hydrogens is 394 g/mol. The molecule has 0 unspecified atom stereocenters. The van der Waals surface area contributed by atoms with Crippen LogP contribution >= 0.6 is 11.6 Å². The van der Waals surface area contributed by atoms with Crippen LogP contribution in [0, 0.1) is 0 Å². The lowest BCUT2D eigenvalue weighted by atomic mass is 10.2. The molecule has 2 aliphatic heterocycles. The summed E-state index contributed by atoms with van der Waals surface area (Å²) >= 11 is 6.40. The Bertz CT molecular complexity index is 906.